The number of hydrogen-bond acceptors (Lipinski definition) is 5. The third kappa shape index (κ3) is 2.38. The molecule has 0 fully saturated rings. The molecule has 0 saturated heterocycles. The molecule has 0 radical (unpaired) electrons. The lowest BCUT2D eigenvalue weighted by Gasteiger charge is -2.08. The minimum Gasteiger partial charge on any atom is -0.480 e. The molecular formula is C10H10BrNO4. The van der Waals surface area contributed by atoms with Crippen LogP contribution in [0.2, 0.25) is 0 Å². The number of ketones is 1. The summed E-state index contributed by atoms with van der Waals surface area (Å²) in [7, 11) is 2.67. The third-order valence-electron chi connectivity index (χ3n) is 1.88. The van der Waals surface area contributed by atoms with Gasteiger partial charge in [-0.05, 0) is 22.0 Å². The van der Waals surface area contributed by atoms with Crippen molar-refractivity contribution in [1.29, 1.82) is 0 Å². The SMILES string of the molecule is COC(=O)c1cc(Br)c(OC)nc1C(C)=O. The van der Waals surface area contributed by atoms with Crippen molar-refractivity contribution in [2.45, 2.75) is 6.92 Å². The van der Waals surface area contributed by atoms with Crippen LogP contribution in [0, 0.1) is 0 Å². The van der Waals surface area contributed by atoms with Crippen LogP contribution in [0.1, 0.15) is 27.8 Å². The molecule has 16 heavy (non-hydrogen) atoms. The topological polar surface area (TPSA) is 65.5 Å². The fourth-order valence-electron chi connectivity index (χ4n) is 1.15. The number of esters is 1. The lowest BCUT2D eigenvalue weighted by atomic mass is 10.1. The molecule has 0 aliphatic carbocycles. The molecule has 0 unspecified atom stereocenters. The minimum atomic E-state index is -0.610. The van der Waals surface area contributed by atoms with E-state index in [2.05, 4.69) is 25.7 Å². The van der Waals surface area contributed by atoms with E-state index >= 15 is 0 Å². The van der Waals surface area contributed by atoms with Crippen LogP contribution in [0.25, 0.3) is 0 Å². The van der Waals surface area contributed by atoms with Crippen LogP contribution in [0.3, 0.4) is 0 Å². The number of methoxy groups -OCH3 is 2. The van der Waals surface area contributed by atoms with E-state index in [9.17, 15) is 9.59 Å². The maximum Gasteiger partial charge on any atom is 0.340 e. The van der Waals surface area contributed by atoms with E-state index in [1.807, 2.05) is 0 Å². The molecule has 1 rings (SSSR count). The first kappa shape index (κ1) is 12.6. The van der Waals surface area contributed by atoms with Gasteiger partial charge < -0.3 is 9.47 Å². The molecule has 0 aliphatic rings. The van der Waals surface area contributed by atoms with E-state index in [-0.39, 0.29) is 22.9 Å². The normalized spacial score (nSPS) is 9.75. The Morgan fingerprint density at radius 1 is 1.38 bits per heavy atom. The molecule has 0 aromatic carbocycles. The molecule has 0 atom stereocenters. The first-order valence-electron chi connectivity index (χ1n) is 4.35. The first-order valence-corrected chi connectivity index (χ1v) is 5.14. The molecule has 1 aromatic heterocycles. The summed E-state index contributed by atoms with van der Waals surface area (Å²) in [5, 5.41) is 0. The van der Waals surface area contributed by atoms with Crippen LogP contribution in [-0.4, -0.2) is 31.0 Å². The van der Waals surface area contributed by atoms with Crippen molar-refractivity contribution in [2.24, 2.45) is 0 Å². The van der Waals surface area contributed by atoms with Gasteiger partial charge in [0.2, 0.25) is 5.88 Å². The molecule has 86 valence electrons. The smallest absolute Gasteiger partial charge is 0.340 e. The Kier molecular flexibility index (Phi) is 4.00. The van der Waals surface area contributed by atoms with Gasteiger partial charge in [-0.25, -0.2) is 9.78 Å². The standard InChI is InChI=1S/C10H10BrNO4/c1-5(13)8-6(10(14)16-3)4-7(11)9(12-8)15-2/h4H,1-3H3. The highest BCUT2D eigenvalue weighted by Gasteiger charge is 2.20. The lowest BCUT2D eigenvalue weighted by molar-refractivity contribution is 0.0596. The van der Waals surface area contributed by atoms with Crippen LogP contribution in [0.5, 0.6) is 5.88 Å². The quantitative estimate of drug-likeness (QED) is 0.627. The van der Waals surface area contributed by atoms with Crippen molar-refractivity contribution >= 4 is 27.7 Å². The van der Waals surface area contributed by atoms with Gasteiger partial charge >= 0.3 is 5.97 Å². The van der Waals surface area contributed by atoms with Crippen LogP contribution < -0.4 is 4.74 Å². The summed E-state index contributed by atoms with van der Waals surface area (Å²) >= 11 is 3.18. The highest BCUT2D eigenvalue weighted by atomic mass is 79.9. The van der Waals surface area contributed by atoms with Gasteiger partial charge in [-0.15, -0.1) is 0 Å². The van der Waals surface area contributed by atoms with Gasteiger partial charge in [-0.2, -0.15) is 0 Å². The molecule has 5 nitrogen and oxygen atoms in total. The zero-order chi connectivity index (χ0) is 12.3. The number of carbonyl (C=O) groups excluding carboxylic acids is 2. The van der Waals surface area contributed by atoms with Crippen LogP contribution in [-0.2, 0) is 4.74 Å². The average molecular weight is 288 g/mol. The summed E-state index contributed by atoms with van der Waals surface area (Å²) in [5.74, 6) is -0.690. The molecule has 0 amide bonds. The molecule has 0 N–H and O–H groups in total. The molecule has 0 spiro atoms. The lowest BCUT2D eigenvalue weighted by Crippen LogP contribution is -2.11. The number of ether oxygens (including phenoxy) is 2. The van der Waals surface area contributed by atoms with E-state index in [1.165, 1.54) is 27.2 Å². The zero-order valence-corrected chi connectivity index (χ0v) is 10.6. The molecule has 0 aliphatic heterocycles. The fraction of sp³-hybridized carbons (Fsp3) is 0.300. The summed E-state index contributed by atoms with van der Waals surface area (Å²) < 4.78 is 9.99. The number of hydrogen-bond donors (Lipinski definition) is 0. The number of carbonyl (C=O) groups is 2. The van der Waals surface area contributed by atoms with Crippen molar-refractivity contribution in [3.05, 3.63) is 21.8 Å². The predicted molar refractivity (Wildman–Crippen MR) is 59.8 cm³/mol. The number of halogens is 1. The highest BCUT2D eigenvalue weighted by molar-refractivity contribution is 9.10. The van der Waals surface area contributed by atoms with Crippen molar-refractivity contribution in [3.8, 4) is 5.88 Å². The summed E-state index contributed by atoms with van der Waals surface area (Å²) in [6.45, 7) is 1.32. The second kappa shape index (κ2) is 5.07. The number of pyridine rings is 1. The Balaban J connectivity index is 3.42. The van der Waals surface area contributed by atoms with Gasteiger partial charge in [0.1, 0.15) is 5.69 Å². The summed E-state index contributed by atoms with van der Waals surface area (Å²) in [5.41, 5.74) is 0.148. The number of nitrogens with zero attached hydrogens (tertiary/aromatic N) is 1. The Morgan fingerprint density at radius 3 is 2.44 bits per heavy atom. The highest BCUT2D eigenvalue weighted by Crippen LogP contribution is 2.25. The van der Waals surface area contributed by atoms with Gasteiger partial charge in [0.05, 0.1) is 24.3 Å². The largest absolute Gasteiger partial charge is 0.480 e. The maximum atomic E-state index is 11.4. The predicted octanol–water partition coefficient (Wildman–Crippen LogP) is 1.84. The maximum absolute atomic E-state index is 11.4. The molecule has 6 heteroatoms. The molecular weight excluding hydrogens is 278 g/mol. The van der Waals surface area contributed by atoms with E-state index in [1.54, 1.807) is 0 Å². The fourth-order valence-corrected chi connectivity index (χ4v) is 1.63. The summed E-state index contributed by atoms with van der Waals surface area (Å²) in [6.07, 6.45) is 0. The van der Waals surface area contributed by atoms with E-state index < -0.39 is 5.97 Å². The van der Waals surface area contributed by atoms with Crippen molar-refractivity contribution in [1.82, 2.24) is 4.98 Å². The van der Waals surface area contributed by atoms with Crippen molar-refractivity contribution < 1.29 is 19.1 Å². The monoisotopic (exact) mass is 287 g/mol. The average Bonchev–Trinajstić information content (AvgIpc) is 2.27. The van der Waals surface area contributed by atoms with Gasteiger partial charge in [0.25, 0.3) is 0 Å². The van der Waals surface area contributed by atoms with Crippen LogP contribution in [0.15, 0.2) is 10.5 Å². The minimum absolute atomic E-state index is 0.0342. The second-order valence-corrected chi connectivity index (χ2v) is 3.78. The number of rotatable bonds is 3. The van der Waals surface area contributed by atoms with E-state index in [4.69, 9.17) is 4.74 Å². The van der Waals surface area contributed by atoms with Gasteiger partial charge in [0.15, 0.2) is 5.78 Å². The Morgan fingerprint density at radius 2 is 2.00 bits per heavy atom. The third-order valence-corrected chi connectivity index (χ3v) is 2.44. The molecule has 0 saturated carbocycles. The van der Waals surface area contributed by atoms with Crippen molar-refractivity contribution in [2.75, 3.05) is 14.2 Å². The number of aromatic nitrogens is 1. The van der Waals surface area contributed by atoms with Gasteiger partial charge in [0, 0.05) is 6.92 Å². The van der Waals surface area contributed by atoms with Crippen molar-refractivity contribution in [3.63, 3.8) is 0 Å². The summed E-state index contributed by atoms with van der Waals surface area (Å²) in [6, 6.07) is 1.45. The van der Waals surface area contributed by atoms with Crippen LogP contribution in [0.4, 0.5) is 0 Å². The molecule has 1 aromatic rings. The van der Waals surface area contributed by atoms with E-state index in [0.29, 0.717) is 4.47 Å². The van der Waals surface area contributed by atoms with Gasteiger partial charge in [-0.3, -0.25) is 4.79 Å². The van der Waals surface area contributed by atoms with E-state index in [0.717, 1.165) is 0 Å². The second-order valence-electron chi connectivity index (χ2n) is 2.92. The Labute approximate surface area is 101 Å². The Bertz CT molecular complexity index is 445. The molecule has 0 bridgehead atoms. The molecule has 1 heterocycles. The summed E-state index contributed by atoms with van der Waals surface area (Å²) in [4.78, 5) is 26.7. The number of Topliss-reactive ketones (excluding diaryl/α,β-unsaturated/α-hetero) is 1. The first-order chi connectivity index (χ1) is 7.51. The Hall–Kier alpha value is -1.43. The zero-order valence-electron chi connectivity index (χ0n) is 9.04. The van der Waals surface area contributed by atoms with Gasteiger partial charge in [-0.1, -0.05) is 0 Å². The van der Waals surface area contributed by atoms with Crippen LogP contribution >= 0.6 is 15.9 Å².